The van der Waals surface area contributed by atoms with E-state index in [2.05, 4.69) is 4.98 Å². The molecule has 0 aliphatic carbocycles. The van der Waals surface area contributed by atoms with Gasteiger partial charge in [0, 0.05) is 5.69 Å². The third-order valence-electron chi connectivity index (χ3n) is 3.43. The molecule has 2 heterocycles. The summed E-state index contributed by atoms with van der Waals surface area (Å²) in [7, 11) is 0. The van der Waals surface area contributed by atoms with Crippen LogP contribution in [0.3, 0.4) is 0 Å². The number of fused-ring (bicyclic) bond motifs is 1. The van der Waals surface area contributed by atoms with E-state index in [-0.39, 0.29) is 28.5 Å². The molecule has 118 valence electrons. The largest absolute Gasteiger partial charge is 0.493 e. The number of furan rings is 1. The van der Waals surface area contributed by atoms with Crippen LogP contribution in [0.25, 0.3) is 11.1 Å². The van der Waals surface area contributed by atoms with Gasteiger partial charge in [0.05, 0.1) is 23.2 Å². The van der Waals surface area contributed by atoms with Gasteiger partial charge in [0.15, 0.2) is 0 Å². The van der Waals surface area contributed by atoms with Crippen LogP contribution in [0.4, 0.5) is 10.1 Å². The number of hydrogen-bond acceptors (Lipinski definition) is 5. The number of aryl methyl sites for hydroxylation is 1. The minimum atomic E-state index is -0.541. The number of ketones is 1. The van der Waals surface area contributed by atoms with Crippen LogP contribution < -0.4 is 10.5 Å². The standard InChI is InChI=1S/C17H15FN2O3/c1-3-22-13-7-5-10(18)8-12(13)15(21)16-14(19)11-6-4-9(2)20-17(11)23-16/h4-8H,3,19H2,1-2H3. The number of carbonyl (C=O) groups is 1. The number of nitrogen functional groups attached to an aromatic ring is 1. The molecule has 0 fully saturated rings. The van der Waals surface area contributed by atoms with Crippen molar-refractivity contribution in [1.82, 2.24) is 4.98 Å². The Labute approximate surface area is 131 Å². The van der Waals surface area contributed by atoms with Crippen molar-refractivity contribution in [3.63, 3.8) is 0 Å². The summed E-state index contributed by atoms with van der Waals surface area (Å²) in [6.45, 7) is 3.93. The molecule has 0 aliphatic rings. The molecule has 2 N–H and O–H groups in total. The maximum absolute atomic E-state index is 13.5. The van der Waals surface area contributed by atoms with Crippen molar-refractivity contribution in [2.75, 3.05) is 12.3 Å². The van der Waals surface area contributed by atoms with Crippen molar-refractivity contribution < 1.29 is 18.3 Å². The van der Waals surface area contributed by atoms with E-state index in [9.17, 15) is 9.18 Å². The van der Waals surface area contributed by atoms with Gasteiger partial charge < -0.3 is 14.9 Å². The van der Waals surface area contributed by atoms with E-state index in [1.165, 1.54) is 12.1 Å². The van der Waals surface area contributed by atoms with Gasteiger partial charge in [-0.15, -0.1) is 0 Å². The van der Waals surface area contributed by atoms with Gasteiger partial charge >= 0.3 is 0 Å². The Kier molecular flexibility index (Phi) is 3.73. The first-order chi connectivity index (χ1) is 11.0. The molecule has 0 atom stereocenters. The fourth-order valence-electron chi connectivity index (χ4n) is 2.34. The molecule has 0 radical (unpaired) electrons. The lowest BCUT2D eigenvalue weighted by Gasteiger charge is -2.08. The monoisotopic (exact) mass is 314 g/mol. The molecule has 0 saturated heterocycles. The van der Waals surface area contributed by atoms with Crippen molar-refractivity contribution in [2.24, 2.45) is 0 Å². The van der Waals surface area contributed by atoms with Crippen LogP contribution >= 0.6 is 0 Å². The number of rotatable bonds is 4. The Bertz CT molecular complexity index is 902. The number of nitrogens with two attached hydrogens (primary N) is 1. The quantitative estimate of drug-likeness (QED) is 0.746. The van der Waals surface area contributed by atoms with E-state index >= 15 is 0 Å². The van der Waals surface area contributed by atoms with E-state index in [0.29, 0.717) is 12.0 Å². The predicted octanol–water partition coefficient (Wildman–Crippen LogP) is 3.49. The molecule has 0 unspecified atom stereocenters. The zero-order chi connectivity index (χ0) is 16.6. The Morgan fingerprint density at radius 3 is 2.87 bits per heavy atom. The second-order valence-corrected chi connectivity index (χ2v) is 5.05. The summed E-state index contributed by atoms with van der Waals surface area (Å²) in [5.74, 6) is -0.867. The van der Waals surface area contributed by atoms with Crippen LogP contribution in [0.2, 0.25) is 0 Å². The van der Waals surface area contributed by atoms with Gasteiger partial charge in [-0.05, 0) is 44.2 Å². The van der Waals surface area contributed by atoms with E-state index in [1.54, 1.807) is 26.0 Å². The lowest BCUT2D eigenvalue weighted by atomic mass is 10.1. The smallest absolute Gasteiger partial charge is 0.234 e. The average Bonchev–Trinajstić information content (AvgIpc) is 2.85. The van der Waals surface area contributed by atoms with Crippen LogP contribution in [0.1, 0.15) is 28.7 Å². The Morgan fingerprint density at radius 2 is 2.13 bits per heavy atom. The molecule has 3 aromatic rings. The van der Waals surface area contributed by atoms with Crippen molar-refractivity contribution in [3.05, 3.63) is 53.2 Å². The molecule has 0 spiro atoms. The number of nitrogens with zero attached hydrogens (tertiary/aromatic N) is 1. The number of anilines is 1. The van der Waals surface area contributed by atoms with Crippen LogP contribution in [0, 0.1) is 12.7 Å². The minimum Gasteiger partial charge on any atom is -0.493 e. The van der Waals surface area contributed by atoms with E-state index < -0.39 is 11.6 Å². The van der Waals surface area contributed by atoms with Crippen LogP contribution in [-0.4, -0.2) is 17.4 Å². The number of carbonyl (C=O) groups excluding carboxylic acids is 1. The maximum Gasteiger partial charge on any atom is 0.234 e. The second kappa shape index (κ2) is 5.72. The van der Waals surface area contributed by atoms with Crippen LogP contribution in [0.15, 0.2) is 34.7 Å². The normalized spacial score (nSPS) is 10.9. The highest BCUT2D eigenvalue weighted by Crippen LogP contribution is 2.31. The summed E-state index contributed by atoms with van der Waals surface area (Å²) in [4.78, 5) is 16.9. The van der Waals surface area contributed by atoms with Gasteiger partial charge in [-0.1, -0.05) is 0 Å². The molecule has 2 aromatic heterocycles. The number of benzene rings is 1. The van der Waals surface area contributed by atoms with Crippen molar-refractivity contribution in [2.45, 2.75) is 13.8 Å². The number of aromatic nitrogens is 1. The third-order valence-corrected chi connectivity index (χ3v) is 3.43. The molecular formula is C17H15FN2O3. The number of halogens is 1. The Morgan fingerprint density at radius 1 is 1.35 bits per heavy atom. The maximum atomic E-state index is 13.5. The van der Waals surface area contributed by atoms with Crippen molar-refractivity contribution >= 4 is 22.6 Å². The van der Waals surface area contributed by atoms with Crippen molar-refractivity contribution in [3.8, 4) is 5.75 Å². The third kappa shape index (κ3) is 2.63. The SMILES string of the molecule is CCOc1ccc(F)cc1C(=O)c1oc2nc(C)ccc2c1N. The number of pyridine rings is 1. The Hall–Kier alpha value is -2.89. The predicted molar refractivity (Wildman–Crippen MR) is 84.2 cm³/mol. The lowest BCUT2D eigenvalue weighted by Crippen LogP contribution is -2.07. The molecule has 5 nitrogen and oxygen atoms in total. The zero-order valence-corrected chi connectivity index (χ0v) is 12.7. The molecule has 1 aromatic carbocycles. The van der Waals surface area contributed by atoms with E-state index in [1.807, 2.05) is 0 Å². The first-order valence-corrected chi connectivity index (χ1v) is 7.14. The fraction of sp³-hybridized carbons (Fsp3) is 0.176. The zero-order valence-electron chi connectivity index (χ0n) is 12.7. The summed E-state index contributed by atoms with van der Waals surface area (Å²) in [6, 6.07) is 7.26. The summed E-state index contributed by atoms with van der Waals surface area (Å²) in [6.07, 6.45) is 0. The molecule has 0 amide bonds. The molecule has 3 rings (SSSR count). The number of hydrogen-bond donors (Lipinski definition) is 1. The number of ether oxygens (including phenoxy) is 1. The van der Waals surface area contributed by atoms with Crippen molar-refractivity contribution in [1.29, 1.82) is 0 Å². The molecule has 6 heteroatoms. The van der Waals surface area contributed by atoms with Gasteiger partial charge in [0.25, 0.3) is 0 Å². The van der Waals surface area contributed by atoms with Gasteiger partial charge in [0.1, 0.15) is 11.6 Å². The average molecular weight is 314 g/mol. The first-order valence-electron chi connectivity index (χ1n) is 7.14. The fourth-order valence-corrected chi connectivity index (χ4v) is 2.34. The van der Waals surface area contributed by atoms with Crippen LogP contribution in [-0.2, 0) is 0 Å². The minimum absolute atomic E-state index is 0.0642. The highest BCUT2D eigenvalue weighted by Gasteiger charge is 2.24. The molecule has 0 aliphatic heterocycles. The topological polar surface area (TPSA) is 78.3 Å². The molecule has 0 saturated carbocycles. The molecule has 0 bridgehead atoms. The molecular weight excluding hydrogens is 299 g/mol. The highest BCUT2D eigenvalue weighted by atomic mass is 19.1. The van der Waals surface area contributed by atoms with Gasteiger partial charge in [-0.2, -0.15) is 0 Å². The van der Waals surface area contributed by atoms with Gasteiger partial charge in [-0.3, -0.25) is 4.79 Å². The van der Waals surface area contributed by atoms with E-state index in [0.717, 1.165) is 11.8 Å². The lowest BCUT2D eigenvalue weighted by molar-refractivity contribution is 0.101. The summed E-state index contributed by atoms with van der Waals surface area (Å²) in [5.41, 5.74) is 7.27. The van der Waals surface area contributed by atoms with Gasteiger partial charge in [0.2, 0.25) is 17.3 Å². The highest BCUT2D eigenvalue weighted by molar-refractivity contribution is 6.15. The summed E-state index contributed by atoms with van der Waals surface area (Å²) >= 11 is 0. The Balaban J connectivity index is 2.14. The summed E-state index contributed by atoms with van der Waals surface area (Å²) in [5, 5.41) is 0.549. The second-order valence-electron chi connectivity index (χ2n) is 5.05. The van der Waals surface area contributed by atoms with Crippen LogP contribution in [0.5, 0.6) is 5.75 Å². The summed E-state index contributed by atoms with van der Waals surface area (Å²) < 4.78 is 24.4. The van der Waals surface area contributed by atoms with E-state index in [4.69, 9.17) is 14.9 Å². The first kappa shape index (κ1) is 15.0. The molecule has 23 heavy (non-hydrogen) atoms. The van der Waals surface area contributed by atoms with Gasteiger partial charge in [-0.25, -0.2) is 9.37 Å².